The van der Waals surface area contributed by atoms with E-state index in [9.17, 15) is 9.59 Å². The van der Waals surface area contributed by atoms with Crippen molar-refractivity contribution in [2.75, 3.05) is 25.4 Å². The Kier molecular flexibility index (Phi) is 5.07. The zero-order valence-electron chi connectivity index (χ0n) is 15.9. The van der Waals surface area contributed by atoms with Crippen LogP contribution in [0, 0.1) is 0 Å². The maximum Gasteiger partial charge on any atom is 0.255 e. The Morgan fingerprint density at radius 3 is 2.71 bits per heavy atom. The van der Waals surface area contributed by atoms with Gasteiger partial charge in [-0.3, -0.25) is 14.6 Å². The highest BCUT2D eigenvalue weighted by atomic mass is 16.5. The van der Waals surface area contributed by atoms with Crippen molar-refractivity contribution >= 4 is 11.9 Å². The molecule has 1 aromatic carbocycles. The quantitative estimate of drug-likeness (QED) is 0.771. The van der Waals surface area contributed by atoms with E-state index in [0.717, 1.165) is 42.7 Å². The molecule has 1 aliphatic heterocycles. The van der Waals surface area contributed by atoms with Crippen molar-refractivity contribution in [2.45, 2.75) is 43.9 Å². The highest BCUT2D eigenvalue weighted by molar-refractivity contribution is 5.76. The summed E-state index contributed by atoms with van der Waals surface area (Å²) in [6.07, 6.45) is 4.51. The topological polar surface area (TPSA) is 101 Å². The summed E-state index contributed by atoms with van der Waals surface area (Å²) in [5.41, 5.74) is 7.17. The number of aromatic amines is 1. The average molecular weight is 382 g/mol. The molecule has 1 amide bonds. The molecule has 148 valence electrons. The molecule has 4 rings (SSSR count). The monoisotopic (exact) mass is 382 g/mol. The molecule has 0 radical (unpaired) electrons. The van der Waals surface area contributed by atoms with Crippen LogP contribution in [0.5, 0.6) is 5.75 Å². The number of piperidine rings is 1. The molecular formula is C21H26N4O3. The molecule has 1 aliphatic carbocycles. The first-order valence-electron chi connectivity index (χ1n) is 9.92. The van der Waals surface area contributed by atoms with Gasteiger partial charge in [-0.1, -0.05) is 18.2 Å². The first-order chi connectivity index (χ1) is 13.6. The van der Waals surface area contributed by atoms with E-state index < -0.39 is 0 Å². The van der Waals surface area contributed by atoms with Gasteiger partial charge in [-0.25, -0.2) is 4.98 Å². The number of nitrogens with one attached hydrogen (secondary N) is 1. The number of amides is 1. The van der Waals surface area contributed by atoms with E-state index in [1.807, 2.05) is 35.2 Å². The van der Waals surface area contributed by atoms with Crippen molar-refractivity contribution in [3.05, 3.63) is 51.9 Å². The Hall–Kier alpha value is -2.83. The van der Waals surface area contributed by atoms with Gasteiger partial charge < -0.3 is 15.4 Å². The molecule has 1 spiro atoms. The van der Waals surface area contributed by atoms with Crippen molar-refractivity contribution in [1.29, 1.82) is 0 Å². The van der Waals surface area contributed by atoms with Gasteiger partial charge in [0.25, 0.3) is 5.56 Å². The Morgan fingerprint density at radius 1 is 1.21 bits per heavy atom. The summed E-state index contributed by atoms with van der Waals surface area (Å²) in [7, 11) is 0. The summed E-state index contributed by atoms with van der Waals surface area (Å²) in [6, 6.07) is 9.64. The molecule has 0 unspecified atom stereocenters. The largest absolute Gasteiger partial charge is 0.494 e. The summed E-state index contributed by atoms with van der Waals surface area (Å²) in [5.74, 6) is 1.18. The molecule has 0 saturated carbocycles. The zero-order valence-corrected chi connectivity index (χ0v) is 15.9. The van der Waals surface area contributed by atoms with Crippen molar-refractivity contribution in [3.63, 3.8) is 0 Å². The number of aromatic nitrogens is 2. The number of hydrogen-bond donors (Lipinski definition) is 2. The molecular weight excluding hydrogens is 356 g/mol. The van der Waals surface area contributed by atoms with E-state index in [1.165, 1.54) is 0 Å². The zero-order chi connectivity index (χ0) is 19.6. The highest BCUT2D eigenvalue weighted by Crippen LogP contribution is 2.44. The molecule has 2 aromatic rings. The Morgan fingerprint density at radius 2 is 1.96 bits per heavy atom. The first-order valence-corrected chi connectivity index (χ1v) is 9.92. The molecule has 2 heterocycles. The third-order valence-electron chi connectivity index (χ3n) is 6.01. The van der Waals surface area contributed by atoms with Crippen LogP contribution in [-0.2, 0) is 16.6 Å². The number of fused-ring (bicyclic) bond motifs is 2. The third-order valence-corrected chi connectivity index (χ3v) is 6.01. The fraction of sp³-hybridized carbons (Fsp3) is 0.476. The molecule has 2 aliphatic rings. The molecule has 1 fully saturated rings. The summed E-state index contributed by atoms with van der Waals surface area (Å²) in [5, 5.41) is 0. The van der Waals surface area contributed by atoms with Gasteiger partial charge >= 0.3 is 0 Å². The fourth-order valence-corrected chi connectivity index (χ4v) is 4.43. The van der Waals surface area contributed by atoms with Gasteiger partial charge in [0.15, 0.2) is 0 Å². The Labute approximate surface area is 163 Å². The number of likely N-dealkylation sites (tertiary alicyclic amines) is 1. The smallest absolute Gasteiger partial charge is 0.255 e. The predicted octanol–water partition coefficient (Wildman–Crippen LogP) is 2.02. The molecule has 3 N–H and O–H groups in total. The van der Waals surface area contributed by atoms with Gasteiger partial charge in [0.05, 0.1) is 12.3 Å². The molecule has 0 atom stereocenters. The summed E-state index contributed by atoms with van der Waals surface area (Å²) >= 11 is 0. The Balaban J connectivity index is 1.29. The minimum Gasteiger partial charge on any atom is -0.494 e. The van der Waals surface area contributed by atoms with Crippen molar-refractivity contribution < 1.29 is 9.53 Å². The number of anilines is 1. The number of para-hydroxylation sites is 1. The van der Waals surface area contributed by atoms with E-state index in [-0.39, 0.29) is 22.8 Å². The minimum atomic E-state index is -0.115. The number of hydrogen-bond acceptors (Lipinski definition) is 5. The van der Waals surface area contributed by atoms with E-state index in [2.05, 4.69) is 9.97 Å². The lowest BCUT2D eigenvalue weighted by Gasteiger charge is -2.39. The van der Waals surface area contributed by atoms with E-state index >= 15 is 0 Å². The highest BCUT2D eigenvalue weighted by Gasteiger charge is 2.44. The number of benzene rings is 1. The number of rotatable bonds is 5. The minimum absolute atomic E-state index is 0.106. The Bertz CT molecular complexity index is 902. The second kappa shape index (κ2) is 7.66. The summed E-state index contributed by atoms with van der Waals surface area (Å²) < 4.78 is 5.66. The van der Waals surface area contributed by atoms with Gasteiger partial charge in [-0.2, -0.15) is 0 Å². The van der Waals surface area contributed by atoms with Gasteiger partial charge in [0.1, 0.15) is 5.75 Å². The van der Waals surface area contributed by atoms with Crippen molar-refractivity contribution in [2.24, 2.45) is 0 Å². The normalized spacial score (nSPS) is 17.5. The van der Waals surface area contributed by atoms with Crippen molar-refractivity contribution in [1.82, 2.24) is 14.9 Å². The molecule has 0 bridgehead atoms. The average Bonchev–Trinajstić information content (AvgIpc) is 3.05. The number of carbonyl (C=O) groups excluding carboxylic acids is 1. The van der Waals surface area contributed by atoms with Gasteiger partial charge in [0.2, 0.25) is 11.9 Å². The fourth-order valence-electron chi connectivity index (χ4n) is 4.43. The SMILES string of the molecule is Nc1nc2c(c(=O)[nH]1)CCC21CCN(C(=O)CCCOc2ccccc2)CC1. The molecule has 1 saturated heterocycles. The van der Waals surface area contributed by atoms with Crippen LogP contribution in [0.25, 0.3) is 0 Å². The lowest BCUT2D eigenvalue weighted by atomic mass is 9.76. The van der Waals surface area contributed by atoms with Crippen molar-refractivity contribution in [3.8, 4) is 5.75 Å². The van der Waals surface area contributed by atoms with Crippen LogP contribution in [0.1, 0.15) is 43.4 Å². The van der Waals surface area contributed by atoms with Gasteiger partial charge in [0, 0.05) is 30.5 Å². The van der Waals surface area contributed by atoms with E-state index in [0.29, 0.717) is 32.5 Å². The molecule has 7 nitrogen and oxygen atoms in total. The molecule has 28 heavy (non-hydrogen) atoms. The third kappa shape index (κ3) is 3.61. The van der Waals surface area contributed by atoms with E-state index in [4.69, 9.17) is 10.5 Å². The van der Waals surface area contributed by atoms with Crippen LogP contribution < -0.4 is 16.0 Å². The summed E-state index contributed by atoms with van der Waals surface area (Å²) in [4.78, 5) is 33.7. The number of carbonyl (C=O) groups is 1. The lowest BCUT2D eigenvalue weighted by molar-refractivity contribution is -0.133. The number of ether oxygens (including phenoxy) is 1. The number of nitrogens with two attached hydrogens (primary N) is 1. The lowest BCUT2D eigenvalue weighted by Crippen LogP contribution is -2.45. The predicted molar refractivity (Wildman–Crippen MR) is 106 cm³/mol. The van der Waals surface area contributed by atoms with E-state index in [1.54, 1.807) is 0 Å². The van der Waals surface area contributed by atoms with Crippen LogP contribution in [-0.4, -0.2) is 40.5 Å². The number of nitrogen functional groups attached to an aromatic ring is 1. The summed E-state index contributed by atoms with van der Waals surface area (Å²) in [6.45, 7) is 1.94. The van der Waals surface area contributed by atoms with Crippen LogP contribution in [0.2, 0.25) is 0 Å². The van der Waals surface area contributed by atoms with Crippen LogP contribution >= 0.6 is 0 Å². The van der Waals surface area contributed by atoms with Gasteiger partial charge in [-0.15, -0.1) is 0 Å². The van der Waals surface area contributed by atoms with Gasteiger partial charge in [-0.05, 0) is 44.2 Å². The second-order valence-electron chi connectivity index (χ2n) is 7.70. The van der Waals surface area contributed by atoms with Crippen LogP contribution in [0.15, 0.2) is 35.1 Å². The standard InChI is InChI=1S/C21H26N4O3/c22-20-23-18-16(19(27)24-20)8-9-21(18)10-12-25(13-11-21)17(26)7-4-14-28-15-5-2-1-3-6-15/h1-3,5-6H,4,7-14H2,(H3,22,23,24,27). The van der Waals surface area contributed by atoms with Crippen LogP contribution in [0.3, 0.4) is 0 Å². The maximum atomic E-state index is 12.5. The molecule has 7 heteroatoms. The number of H-pyrrole nitrogens is 1. The molecule has 1 aromatic heterocycles. The van der Waals surface area contributed by atoms with Crippen LogP contribution in [0.4, 0.5) is 5.95 Å². The first kappa shape index (κ1) is 18.5. The maximum absolute atomic E-state index is 12.5. The number of nitrogens with zero attached hydrogens (tertiary/aromatic N) is 2. The second-order valence-corrected chi connectivity index (χ2v) is 7.70.